The van der Waals surface area contributed by atoms with Gasteiger partial charge in [0, 0.05) is 19.3 Å². The zero-order valence-corrected chi connectivity index (χ0v) is 36.9. The van der Waals surface area contributed by atoms with Crippen molar-refractivity contribution in [1.82, 2.24) is 0 Å². The van der Waals surface area contributed by atoms with Gasteiger partial charge in [-0.05, 0) is 70.6 Å². The first-order valence-electron chi connectivity index (χ1n) is 23.6. The average Bonchev–Trinajstić information content (AvgIpc) is 3.19. The van der Waals surface area contributed by atoms with Gasteiger partial charge in [-0.2, -0.15) is 0 Å². The van der Waals surface area contributed by atoms with Crippen molar-refractivity contribution in [2.75, 3.05) is 13.2 Å². The molecule has 0 rings (SSSR count). The molecule has 0 aliphatic rings. The van der Waals surface area contributed by atoms with Crippen LogP contribution in [-0.2, 0) is 28.6 Å². The number of carbonyl (C=O) groups excluding carboxylic acids is 3. The van der Waals surface area contributed by atoms with Crippen molar-refractivity contribution in [3.05, 3.63) is 48.6 Å². The van der Waals surface area contributed by atoms with Crippen LogP contribution >= 0.6 is 0 Å². The maximum atomic E-state index is 12.7. The third kappa shape index (κ3) is 42.5. The highest BCUT2D eigenvalue weighted by molar-refractivity contribution is 5.71. The lowest BCUT2D eigenvalue weighted by atomic mass is 10.1. The van der Waals surface area contributed by atoms with Crippen molar-refractivity contribution >= 4 is 17.9 Å². The van der Waals surface area contributed by atoms with Crippen LogP contribution in [0.1, 0.15) is 233 Å². The predicted octanol–water partition coefficient (Wildman–Crippen LogP) is 15.1. The van der Waals surface area contributed by atoms with E-state index in [2.05, 4.69) is 69.4 Å². The average molecular weight is 785 g/mol. The summed E-state index contributed by atoms with van der Waals surface area (Å²) >= 11 is 0. The Morgan fingerprint density at radius 2 is 0.714 bits per heavy atom. The molecule has 0 aromatic carbocycles. The van der Waals surface area contributed by atoms with E-state index in [1.165, 1.54) is 116 Å². The van der Waals surface area contributed by atoms with Crippen molar-refractivity contribution in [3.8, 4) is 0 Å². The molecule has 0 heterocycles. The molecule has 0 fully saturated rings. The minimum Gasteiger partial charge on any atom is -0.462 e. The van der Waals surface area contributed by atoms with E-state index in [1.54, 1.807) is 0 Å². The number of hydrogen-bond donors (Lipinski definition) is 0. The molecule has 1 unspecified atom stereocenters. The smallest absolute Gasteiger partial charge is 0.306 e. The number of hydrogen-bond acceptors (Lipinski definition) is 6. The molecule has 0 spiro atoms. The number of ether oxygens (including phenoxy) is 3. The van der Waals surface area contributed by atoms with Gasteiger partial charge in [-0.3, -0.25) is 14.4 Å². The van der Waals surface area contributed by atoms with Crippen molar-refractivity contribution in [2.45, 2.75) is 239 Å². The van der Waals surface area contributed by atoms with Gasteiger partial charge < -0.3 is 14.2 Å². The maximum Gasteiger partial charge on any atom is 0.306 e. The maximum absolute atomic E-state index is 12.7. The lowest BCUT2D eigenvalue weighted by Gasteiger charge is -2.18. The number of rotatable bonds is 42. The van der Waals surface area contributed by atoms with Crippen LogP contribution in [0.4, 0.5) is 0 Å². The zero-order valence-electron chi connectivity index (χ0n) is 36.9. The third-order valence-corrected chi connectivity index (χ3v) is 10.1. The molecule has 0 aromatic heterocycles. The summed E-state index contributed by atoms with van der Waals surface area (Å²) in [7, 11) is 0. The molecule has 324 valence electrons. The summed E-state index contributed by atoms with van der Waals surface area (Å²) in [5, 5.41) is 0. The van der Waals surface area contributed by atoms with Crippen LogP contribution in [-0.4, -0.2) is 37.2 Å². The van der Waals surface area contributed by atoms with Gasteiger partial charge in [-0.25, -0.2) is 0 Å². The minimum atomic E-state index is -0.797. The summed E-state index contributed by atoms with van der Waals surface area (Å²) in [4.78, 5) is 37.7. The fourth-order valence-electron chi connectivity index (χ4n) is 6.52. The van der Waals surface area contributed by atoms with Crippen LogP contribution in [0.25, 0.3) is 0 Å². The van der Waals surface area contributed by atoms with Gasteiger partial charge in [0.1, 0.15) is 13.2 Å². The van der Waals surface area contributed by atoms with Crippen LogP contribution in [0, 0.1) is 0 Å². The van der Waals surface area contributed by atoms with Gasteiger partial charge in [-0.15, -0.1) is 0 Å². The number of esters is 3. The molecule has 6 nitrogen and oxygen atoms in total. The Hall–Kier alpha value is -2.63. The van der Waals surface area contributed by atoms with Gasteiger partial charge in [-0.1, -0.05) is 191 Å². The SMILES string of the molecule is CC/C=C\C/C=C\C/C=C\CCCC(=O)OC(COC(=O)CCCCCCC/C=C\CCCCCCCCC)COC(=O)CCCCCCCCCCCCC. The van der Waals surface area contributed by atoms with Crippen LogP contribution in [0.3, 0.4) is 0 Å². The quantitative estimate of drug-likeness (QED) is 0.0265. The number of unbranched alkanes of at least 4 members (excludes halogenated alkanes) is 23. The van der Waals surface area contributed by atoms with Gasteiger partial charge in [0.25, 0.3) is 0 Å². The van der Waals surface area contributed by atoms with E-state index in [-0.39, 0.29) is 37.5 Å². The van der Waals surface area contributed by atoms with Gasteiger partial charge >= 0.3 is 17.9 Å². The highest BCUT2D eigenvalue weighted by atomic mass is 16.6. The summed E-state index contributed by atoms with van der Waals surface area (Å²) in [6.45, 7) is 6.45. The van der Waals surface area contributed by atoms with Gasteiger partial charge in [0.05, 0.1) is 0 Å². The summed E-state index contributed by atoms with van der Waals surface area (Å²) < 4.78 is 16.7. The largest absolute Gasteiger partial charge is 0.462 e. The molecule has 0 saturated heterocycles. The fraction of sp³-hybridized carbons (Fsp3) is 0.780. The zero-order chi connectivity index (χ0) is 40.8. The van der Waals surface area contributed by atoms with Gasteiger partial charge in [0.15, 0.2) is 6.10 Å². The standard InChI is InChI=1S/C50H88O6/c1-4-7-10-13-16-19-22-23-24-25-26-29-31-34-37-40-43-49(52)55-46-47(56-50(53)44-41-38-35-32-28-21-18-15-12-9-6-3)45-54-48(51)42-39-36-33-30-27-20-17-14-11-8-5-2/h9,12,18,21,24-25,32,35,47H,4-8,10-11,13-17,19-20,22-23,26-31,33-34,36-46H2,1-3H3/b12-9-,21-18-,25-24-,35-32-. The highest BCUT2D eigenvalue weighted by Crippen LogP contribution is 2.14. The Morgan fingerprint density at radius 3 is 1.16 bits per heavy atom. The van der Waals surface area contributed by atoms with E-state index in [9.17, 15) is 14.4 Å². The Balaban J connectivity index is 4.40. The van der Waals surface area contributed by atoms with Crippen molar-refractivity contribution in [3.63, 3.8) is 0 Å². The first-order valence-corrected chi connectivity index (χ1v) is 23.6. The van der Waals surface area contributed by atoms with E-state index in [4.69, 9.17) is 14.2 Å². The molecule has 0 aliphatic carbocycles. The molecule has 0 N–H and O–H groups in total. The van der Waals surface area contributed by atoms with E-state index < -0.39 is 6.10 Å². The molecule has 0 aromatic rings. The lowest BCUT2D eigenvalue weighted by Crippen LogP contribution is -2.30. The molecule has 1 atom stereocenters. The van der Waals surface area contributed by atoms with Crippen LogP contribution in [0.2, 0.25) is 0 Å². The monoisotopic (exact) mass is 785 g/mol. The molecule has 0 amide bonds. The molecule has 0 saturated carbocycles. The Labute approximate surface area is 346 Å². The normalized spacial score (nSPS) is 12.4. The second-order valence-electron chi connectivity index (χ2n) is 15.6. The molecule has 6 heteroatoms. The molecule has 56 heavy (non-hydrogen) atoms. The second kappa shape index (κ2) is 45.1. The van der Waals surface area contributed by atoms with Crippen LogP contribution < -0.4 is 0 Å². The third-order valence-electron chi connectivity index (χ3n) is 10.1. The Morgan fingerprint density at radius 1 is 0.375 bits per heavy atom. The van der Waals surface area contributed by atoms with E-state index in [1.807, 2.05) is 0 Å². The summed E-state index contributed by atoms with van der Waals surface area (Å²) in [6.07, 6.45) is 52.5. The first kappa shape index (κ1) is 53.4. The predicted molar refractivity (Wildman–Crippen MR) is 238 cm³/mol. The van der Waals surface area contributed by atoms with Crippen molar-refractivity contribution < 1.29 is 28.6 Å². The van der Waals surface area contributed by atoms with E-state index in [0.717, 1.165) is 70.6 Å². The van der Waals surface area contributed by atoms with E-state index in [0.29, 0.717) is 19.3 Å². The van der Waals surface area contributed by atoms with Crippen molar-refractivity contribution in [1.29, 1.82) is 0 Å². The Bertz CT molecular complexity index is 996. The molecular formula is C50H88O6. The first-order chi connectivity index (χ1) is 27.5. The minimum absolute atomic E-state index is 0.0942. The second-order valence-corrected chi connectivity index (χ2v) is 15.6. The summed E-state index contributed by atoms with van der Waals surface area (Å²) in [6, 6.07) is 0. The Kier molecular flexibility index (Phi) is 43.0. The van der Waals surface area contributed by atoms with E-state index >= 15 is 0 Å². The summed E-state index contributed by atoms with van der Waals surface area (Å²) in [5.74, 6) is -0.958. The molecule has 0 radical (unpaired) electrons. The van der Waals surface area contributed by atoms with Gasteiger partial charge in [0.2, 0.25) is 0 Å². The van der Waals surface area contributed by atoms with Crippen LogP contribution in [0.5, 0.6) is 0 Å². The molecule has 0 bridgehead atoms. The lowest BCUT2D eigenvalue weighted by molar-refractivity contribution is -0.167. The van der Waals surface area contributed by atoms with Crippen molar-refractivity contribution in [2.24, 2.45) is 0 Å². The summed E-state index contributed by atoms with van der Waals surface area (Å²) in [5.41, 5.74) is 0. The topological polar surface area (TPSA) is 78.9 Å². The number of carbonyl (C=O) groups is 3. The number of allylic oxidation sites excluding steroid dienone is 8. The fourth-order valence-corrected chi connectivity index (χ4v) is 6.52. The highest BCUT2D eigenvalue weighted by Gasteiger charge is 2.19. The molecular weight excluding hydrogens is 697 g/mol. The molecule has 0 aliphatic heterocycles. The van der Waals surface area contributed by atoms with Crippen LogP contribution in [0.15, 0.2) is 48.6 Å².